The minimum Gasteiger partial charge on any atom is -0.374 e. The molecule has 0 N–H and O–H groups in total. The second kappa shape index (κ2) is 6.01. The van der Waals surface area contributed by atoms with E-state index >= 15 is 0 Å². The van der Waals surface area contributed by atoms with E-state index in [-0.39, 0.29) is 6.10 Å². The molecule has 2 aromatic rings. The lowest BCUT2D eigenvalue weighted by Crippen LogP contribution is -2.44. The third kappa shape index (κ3) is 3.42. The van der Waals surface area contributed by atoms with Crippen molar-refractivity contribution in [2.75, 3.05) is 19.7 Å². The summed E-state index contributed by atoms with van der Waals surface area (Å²) >= 11 is 0. The third-order valence-corrected chi connectivity index (χ3v) is 4.35. The molecule has 1 aliphatic carbocycles. The number of nitrogens with zero attached hydrogens (tertiary/aromatic N) is 6. The highest BCUT2D eigenvalue weighted by Crippen LogP contribution is 2.38. The highest BCUT2D eigenvalue weighted by molar-refractivity contribution is 5.03. The van der Waals surface area contributed by atoms with Crippen LogP contribution in [0.4, 0.5) is 0 Å². The minimum atomic E-state index is 0.106. The molecule has 8 heteroatoms. The van der Waals surface area contributed by atoms with Gasteiger partial charge in [0.15, 0.2) is 5.82 Å². The summed E-state index contributed by atoms with van der Waals surface area (Å²) in [5.74, 6) is 3.84. The predicted molar refractivity (Wildman–Crippen MR) is 80.8 cm³/mol. The highest BCUT2D eigenvalue weighted by atomic mass is 16.5. The summed E-state index contributed by atoms with van der Waals surface area (Å²) in [4.78, 5) is 11.1. The maximum Gasteiger partial charge on any atom is 0.240 e. The number of rotatable bonds is 5. The fraction of sp³-hybridized carbons (Fsp3) is 0.733. The fourth-order valence-corrected chi connectivity index (χ4v) is 2.99. The fourth-order valence-electron chi connectivity index (χ4n) is 2.99. The molecule has 1 aliphatic heterocycles. The van der Waals surface area contributed by atoms with E-state index in [1.165, 1.54) is 12.8 Å². The van der Waals surface area contributed by atoms with Crippen molar-refractivity contribution in [3.05, 3.63) is 23.4 Å². The normalized spacial score (nSPS) is 22.6. The van der Waals surface area contributed by atoms with Gasteiger partial charge in [0.05, 0.1) is 25.8 Å². The molecule has 4 rings (SSSR count). The summed E-state index contributed by atoms with van der Waals surface area (Å²) in [6.45, 7) is 7.71. The van der Waals surface area contributed by atoms with Gasteiger partial charge in [-0.3, -0.25) is 4.90 Å². The van der Waals surface area contributed by atoms with Crippen LogP contribution in [0.1, 0.15) is 42.1 Å². The van der Waals surface area contributed by atoms with Crippen LogP contribution < -0.4 is 0 Å². The summed E-state index contributed by atoms with van der Waals surface area (Å²) in [7, 11) is 0. The Labute approximate surface area is 134 Å². The summed E-state index contributed by atoms with van der Waals surface area (Å²) in [5, 5.41) is 8.49. The molecule has 0 unspecified atom stereocenters. The van der Waals surface area contributed by atoms with Gasteiger partial charge < -0.3 is 9.26 Å². The molecule has 0 bridgehead atoms. The first-order chi connectivity index (χ1) is 11.2. The number of ether oxygens (including phenoxy) is 1. The van der Waals surface area contributed by atoms with Gasteiger partial charge >= 0.3 is 0 Å². The number of aromatic nitrogens is 5. The lowest BCUT2D eigenvalue weighted by Gasteiger charge is -2.31. The summed E-state index contributed by atoms with van der Waals surface area (Å²) in [6.07, 6.45) is 2.49. The first-order valence-electron chi connectivity index (χ1n) is 8.22. The van der Waals surface area contributed by atoms with Gasteiger partial charge in [0.25, 0.3) is 0 Å². The van der Waals surface area contributed by atoms with Crippen LogP contribution in [0.5, 0.6) is 0 Å². The molecule has 1 atom stereocenters. The van der Waals surface area contributed by atoms with E-state index < -0.39 is 0 Å². The first-order valence-corrected chi connectivity index (χ1v) is 8.22. The lowest BCUT2D eigenvalue weighted by atomic mass is 10.2. The molecule has 2 aliphatic rings. The number of aryl methyl sites for hydroxylation is 2. The standard InChI is InChI=1S/C15H22N6O2/c1-10-16-11(2)21(18-10)8-13-7-20(5-6-22-13)9-14-17-15(19-23-14)12-3-4-12/h12-13H,3-9H2,1-2H3/t13-/m1/s1. The van der Waals surface area contributed by atoms with Crippen LogP contribution in [0.25, 0.3) is 0 Å². The van der Waals surface area contributed by atoms with Gasteiger partial charge in [-0.15, -0.1) is 0 Å². The first kappa shape index (κ1) is 14.8. The lowest BCUT2D eigenvalue weighted by molar-refractivity contribution is -0.0429. The van der Waals surface area contributed by atoms with Gasteiger partial charge in [0, 0.05) is 19.0 Å². The second-order valence-electron chi connectivity index (χ2n) is 6.44. The summed E-state index contributed by atoms with van der Waals surface area (Å²) in [5.41, 5.74) is 0. The molecular formula is C15H22N6O2. The molecule has 3 heterocycles. The second-order valence-corrected chi connectivity index (χ2v) is 6.44. The van der Waals surface area contributed by atoms with Crippen LogP contribution in [-0.4, -0.2) is 55.6 Å². The Balaban J connectivity index is 1.35. The van der Waals surface area contributed by atoms with Crippen molar-refractivity contribution in [3.8, 4) is 0 Å². The Hall–Kier alpha value is -1.80. The minimum absolute atomic E-state index is 0.106. The van der Waals surface area contributed by atoms with E-state index in [0.717, 1.165) is 37.1 Å². The monoisotopic (exact) mass is 318 g/mol. The van der Waals surface area contributed by atoms with Crippen molar-refractivity contribution in [2.24, 2.45) is 0 Å². The molecule has 1 saturated heterocycles. The molecule has 124 valence electrons. The Morgan fingerprint density at radius 3 is 2.83 bits per heavy atom. The van der Waals surface area contributed by atoms with E-state index in [9.17, 15) is 0 Å². The van der Waals surface area contributed by atoms with Crippen LogP contribution in [0.15, 0.2) is 4.52 Å². The molecule has 0 aromatic carbocycles. The van der Waals surface area contributed by atoms with Gasteiger partial charge in [-0.05, 0) is 26.7 Å². The topological polar surface area (TPSA) is 82.1 Å². The highest BCUT2D eigenvalue weighted by Gasteiger charge is 2.29. The third-order valence-electron chi connectivity index (χ3n) is 4.35. The van der Waals surface area contributed by atoms with E-state index in [1.54, 1.807) is 0 Å². The smallest absolute Gasteiger partial charge is 0.240 e. The number of hydrogen-bond donors (Lipinski definition) is 0. The number of hydrogen-bond acceptors (Lipinski definition) is 7. The summed E-state index contributed by atoms with van der Waals surface area (Å²) in [6, 6.07) is 0. The zero-order chi connectivity index (χ0) is 15.8. The van der Waals surface area contributed by atoms with Crippen molar-refractivity contribution in [1.82, 2.24) is 29.8 Å². The molecule has 0 spiro atoms. The largest absolute Gasteiger partial charge is 0.374 e. The van der Waals surface area contributed by atoms with E-state index in [2.05, 4.69) is 25.1 Å². The van der Waals surface area contributed by atoms with Crippen LogP contribution >= 0.6 is 0 Å². The van der Waals surface area contributed by atoms with Crippen molar-refractivity contribution >= 4 is 0 Å². The van der Waals surface area contributed by atoms with Crippen LogP contribution in [0.3, 0.4) is 0 Å². The molecule has 8 nitrogen and oxygen atoms in total. The zero-order valence-electron chi connectivity index (χ0n) is 13.6. The Morgan fingerprint density at radius 1 is 1.22 bits per heavy atom. The van der Waals surface area contributed by atoms with E-state index in [4.69, 9.17) is 9.26 Å². The Kier molecular flexibility index (Phi) is 3.86. The molecule has 1 saturated carbocycles. The van der Waals surface area contributed by atoms with Crippen molar-refractivity contribution in [2.45, 2.75) is 51.8 Å². The van der Waals surface area contributed by atoms with Gasteiger partial charge in [-0.2, -0.15) is 10.1 Å². The Morgan fingerprint density at radius 2 is 2.09 bits per heavy atom. The van der Waals surface area contributed by atoms with Crippen LogP contribution in [-0.2, 0) is 17.8 Å². The quantitative estimate of drug-likeness (QED) is 0.815. The molecule has 23 heavy (non-hydrogen) atoms. The van der Waals surface area contributed by atoms with Crippen LogP contribution in [0.2, 0.25) is 0 Å². The zero-order valence-corrected chi connectivity index (χ0v) is 13.6. The molecule has 2 aromatic heterocycles. The van der Waals surface area contributed by atoms with Gasteiger partial charge in [0.1, 0.15) is 11.6 Å². The molecular weight excluding hydrogens is 296 g/mol. The van der Waals surface area contributed by atoms with Crippen LogP contribution in [0, 0.1) is 13.8 Å². The van der Waals surface area contributed by atoms with Gasteiger partial charge in [0.2, 0.25) is 5.89 Å². The van der Waals surface area contributed by atoms with Gasteiger partial charge in [-0.25, -0.2) is 9.67 Å². The molecule has 0 radical (unpaired) electrons. The predicted octanol–water partition coefficient (Wildman–Crippen LogP) is 1.06. The molecule has 2 fully saturated rings. The average molecular weight is 318 g/mol. The Bertz CT molecular complexity index is 677. The summed E-state index contributed by atoms with van der Waals surface area (Å²) < 4.78 is 13.2. The molecule has 0 amide bonds. The van der Waals surface area contributed by atoms with E-state index in [1.807, 2.05) is 18.5 Å². The maximum absolute atomic E-state index is 5.87. The van der Waals surface area contributed by atoms with Crippen molar-refractivity contribution in [3.63, 3.8) is 0 Å². The van der Waals surface area contributed by atoms with E-state index in [0.29, 0.717) is 25.0 Å². The van der Waals surface area contributed by atoms with Gasteiger partial charge in [-0.1, -0.05) is 5.16 Å². The van der Waals surface area contributed by atoms with Crippen molar-refractivity contribution < 1.29 is 9.26 Å². The maximum atomic E-state index is 5.87. The van der Waals surface area contributed by atoms with Crippen molar-refractivity contribution in [1.29, 1.82) is 0 Å². The SMILES string of the molecule is Cc1nc(C)n(C[C@H]2CN(Cc3nc(C4CC4)no3)CCO2)n1. The average Bonchev–Trinajstić information content (AvgIpc) is 3.19. The number of morpholine rings is 1.